The van der Waals surface area contributed by atoms with Crippen LogP contribution in [0.15, 0.2) is 18.3 Å². The van der Waals surface area contributed by atoms with Gasteiger partial charge in [0.25, 0.3) is 0 Å². The van der Waals surface area contributed by atoms with E-state index in [-0.39, 0.29) is 24.1 Å². The molecule has 0 aliphatic carbocycles. The zero-order valence-corrected chi connectivity index (χ0v) is 12.4. The number of hydrogen-bond donors (Lipinski definition) is 2. The lowest BCUT2D eigenvalue weighted by Crippen LogP contribution is -2.44. The number of nitrogens with two attached hydrogens (primary N) is 1. The van der Waals surface area contributed by atoms with Gasteiger partial charge in [0.2, 0.25) is 5.91 Å². The van der Waals surface area contributed by atoms with Gasteiger partial charge < -0.3 is 15.6 Å². The number of amides is 1. The second kappa shape index (κ2) is 5.97. The minimum Gasteiger partial charge on any atom is -0.363 e. The van der Waals surface area contributed by atoms with Crippen LogP contribution in [-0.4, -0.2) is 48.8 Å². The van der Waals surface area contributed by atoms with Crippen LogP contribution in [0.3, 0.4) is 0 Å². The molecule has 7 heteroatoms. The van der Waals surface area contributed by atoms with Gasteiger partial charge in [-0.15, -0.1) is 0 Å². The normalized spacial score (nSPS) is 21.1. The average Bonchev–Trinajstić information content (AvgIpc) is 3.03. The number of carbonyl (C=O) groups is 1. The lowest BCUT2D eigenvalue weighted by molar-refractivity contribution is -0.133. The van der Waals surface area contributed by atoms with E-state index >= 15 is 0 Å². The summed E-state index contributed by atoms with van der Waals surface area (Å²) in [5.74, 6) is -0.216. The highest BCUT2D eigenvalue weighted by atomic mass is 32.2. The van der Waals surface area contributed by atoms with Crippen molar-refractivity contribution in [2.24, 2.45) is 5.73 Å². The molecule has 1 aliphatic heterocycles. The summed E-state index contributed by atoms with van der Waals surface area (Å²) in [5, 5.41) is 0. The van der Waals surface area contributed by atoms with Crippen LogP contribution < -0.4 is 5.73 Å². The second-order valence-electron chi connectivity index (χ2n) is 5.34. The van der Waals surface area contributed by atoms with E-state index in [2.05, 4.69) is 4.98 Å². The van der Waals surface area contributed by atoms with Crippen molar-refractivity contribution >= 4 is 15.7 Å². The fourth-order valence-electron chi connectivity index (χ4n) is 2.58. The van der Waals surface area contributed by atoms with Gasteiger partial charge in [-0.05, 0) is 31.4 Å². The summed E-state index contributed by atoms with van der Waals surface area (Å²) in [7, 11) is -3.09. The lowest BCUT2D eigenvalue weighted by atomic mass is 10.1. The molecule has 2 heterocycles. The Bertz CT molecular complexity index is 553. The molecule has 0 radical (unpaired) electrons. The second-order valence-corrected chi connectivity index (χ2v) is 7.60. The predicted molar refractivity (Wildman–Crippen MR) is 76.8 cm³/mol. The number of aromatic nitrogens is 1. The van der Waals surface area contributed by atoms with Crippen LogP contribution in [0.1, 0.15) is 31.0 Å². The molecule has 1 aromatic heterocycles. The van der Waals surface area contributed by atoms with Crippen LogP contribution in [0.25, 0.3) is 0 Å². The first-order valence-corrected chi connectivity index (χ1v) is 8.81. The minimum atomic E-state index is -3.09. The van der Waals surface area contributed by atoms with E-state index in [1.54, 1.807) is 4.90 Å². The molecule has 3 N–H and O–H groups in total. The molecular weight excluding hydrogens is 278 g/mol. The Labute approximate surface area is 119 Å². The molecule has 1 amide bonds. The number of nitrogens with zero attached hydrogens (tertiary/aromatic N) is 1. The molecule has 1 aromatic rings. The molecule has 2 unspecified atom stereocenters. The summed E-state index contributed by atoms with van der Waals surface area (Å²) in [6.45, 7) is 0.676. The first-order chi connectivity index (χ1) is 9.38. The van der Waals surface area contributed by atoms with Gasteiger partial charge in [0.15, 0.2) is 0 Å². The quantitative estimate of drug-likeness (QED) is 0.824. The summed E-state index contributed by atoms with van der Waals surface area (Å²) in [6, 6.07) is 3.14. The number of carbonyl (C=O) groups excluding carboxylic acids is 1. The molecule has 1 aliphatic rings. The van der Waals surface area contributed by atoms with Crippen molar-refractivity contribution in [3.8, 4) is 0 Å². The standard InChI is InChI=1S/C13H21N3O3S/c1-20(18,19)9-6-10(14)13(17)16-8-3-5-12(16)11-4-2-7-15-11/h2,4,7,10,12,15H,3,5-6,8-9,14H2,1H3. The molecule has 2 rings (SSSR count). The van der Waals surface area contributed by atoms with Crippen LogP contribution >= 0.6 is 0 Å². The lowest BCUT2D eigenvalue weighted by Gasteiger charge is -2.26. The van der Waals surface area contributed by atoms with E-state index in [0.29, 0.717) is 6.54 Å². The highest BCUT2D eigenvalue weighted by Crippen LogP contribution is 2.31. The third-order valence-electron chi connectivity index (χ3n) is 3.63. The molecule has 0 saturated carbocycles. The van der Waals surface area contributed by atoms with Crippen molar-refractivity contribution in [2.45, 2.75) is 31.3 Å². The molecule has 2 atom stereocenters. The minimum absolute atomic E-state index is 0.0294. The highest BCUT2D eigenvalue weighted by molar-refractivity contribution is 7.90. The van der Waals surface area contributed by atoms with Gasteiger partial charge in [0.1, 0.15) is 9.84 Å². The van der Waals surface area contributed by atoms with Gasteiger partial charge in [-0.25, -0.2) is 8.42 Å². The molecule has 20 heavy (non-hydrogen) atoms. The summed E-state index contributed by atoms with van der Waals surface area (Å²) in [4.78, 5) is 17.3. The van der Waals surface area contributed by atoms with Gasteiger partial charge >= 0.3 is 0 Å². The number of rotatable bonds is 5. The number of H-pyrrole nitrogens is 1. The van der Waals surface area contributed by atoms with Crippen molar-refractivity contribution in [3.05, 3.63) is 24.0 Å². The number of likely N-dealkylation sites (tertiary alicyclic amines) is 1. The van der Waals surface area contributed by atoms with Crippen LogP contribution in [0.5, 0.6) is 0 Å². The maximum Gasteiger partial charge on any atom is 0.240 e. The van der Waals surface area contributed by atoms with Gasteiger partial charge in [-0.3, -0.25) is 4.79 Å². The predicted octanol–water partition coefficient (Wildman–Crippen LogP) is 0.440. The maximum absolute atomic E-state index is 12.4. The summed E-state index contributed by atoms with van der Waals surface area (Å²) in [5.41, 5.74) is 6.86. The molecule has 112 valence electrons. The van der Waals surface area contributed by atoms with E-state index in [9.17, 15) is 13.2 Å². The molecule has 6 nitrogen and oxygen atoms in total. The van der Waals surface area contributed by atoms with Crippen molar-refractivity contribution < 1.29 is 13.2 Å². The Balaban J connectivity index is 2.00. The molecular formula is C13H21N3O3S. The Hall–Kier alpha value is -1.34. The van der Waals surface area contributed by atoms with E-state index < -0.39 is 15.9 Å². The van der Waals surface area contributed by atoms with E-state index in [1.807, 2.05) is 18.3 Å². The smallest absolute Gasteiger partial charge is 0.240 e. The van der Waals surface area contributed by atoms with Crippen molar-refractivity contribution in [2.75, 3.05) is 18.6 Å². The van der Waals surface area contributed by atoms with Crippen LogP contribution in [0.2, 0.25) is 0 Å². The maximum atomic E-state index is 12.4. The number of nitrogens with one attached hydrogen (secondary N) is 1. The highest BCUT2D eigenvalue weighted by Gasteiger charge is 2.33. The van der Waals surface area contributed by atoms with Gasteiger partial charge in [-0.1, -0.05) is 0 Å². The first-order valence-electron chi connectivity index (χ1n) is 6.75. The number of sulfone groups is 1. The molecule has 0 bridgehead atoms. The summed E-state index contributed by atoms with van der Waals surface area (Å²) >= 11 is 0. The van der Waals surface area contributed by atoms with Crippen molar-refractivity contribution in [1.29, 1.82) is 0 Å². The topological polar surface area (TPSA) is 96.3 Å². The Morgan fingerprint density at radius 1 is 1.60 bits per heavy atom. The fraction of sp³-hybridized carbons (Fsp3) is 0.615. The van der Waals surface area contributed by atoms with Crippen LogP contribution in [0.4, 0.5) is 0 Å². The van der Waals surface area contributed by atoms with E-state index in [0.717, 1.165) is 24.8 Å². The summed E-state index contributed by atoms with van der Waals surface area (Å²) in [6.07, 6.45) is 5.01. The third-order valence-corrected chi connectivity index (χ3v) is 4.61. The van der Waals surface area contributed by atoms with Crippen molar-refractivity contribution in [1.82, 2.24) is 9.88 Å². The summed E-state index contributed by atoms with van der Waals surface area (Å²) < 4.78 is 22.3. The van der Waals surface area contributed by atoms with E-state index in [4.69, 9.17) is 5.73 Å². The van der Waals surface area contributed by atoms with Gasteiger partial charge in [-0.2, -0.15) is 0 Å². The Morgan fingerprint density at radius 2 is 2.35 bits per heavy atom. The van der Waals surface area contributed by atoms with Crippen molar-refractivity contribution in [3.63, 3.8) is 0 Å². The number of aromatic amines is 1. The SMILES string of the molecule is CS(=O)(=O)CCC(N)C(=O)N1CCCC1c1ccc[nH]1. The third kappa shape index (κ3) is 3.61. The largest absolute Gasteiger partial charge is 0.363 e. The molecule has 0 aromatic carbocycles. The molecule has 1 fully saturated rings. The van der Waals surface area contributed by atoms with Gasteiger partial charge in [0.05, 0.1) is 17.8 Å². The monoisotopic (exact) mass is 299 g/mol. The van der Waals surface area contributed by atoms with Gasteiger partial charge in [0, 0.05) is 24.7 Å². The van der Waals surface area contributed by atoms with E-state index in [1.165, 1.54) is 0 Å². The number of hydrogen-bond acceptors (Lipinski definition) is 4. The Kier molecular flexibility index (Phi) is 4.49. The molecule has 1 saturated heterocycles. The zero-order valence-electron chi connectivity index (χ0n) is 11.6. The van der Waals surface area contributed by atoms with Crippen LogP contribution in [0, 0.1) is 0 Å². The van der Waals surface area contributed by atoms with Crippen LogP contribution in [-0.2, 0) is 14.6 Å². The molecule has 0 spiro atoms. The fourth-order valence-corrected chi connectivity index (χ4v) is 3.26. The zero-order chi connectivity index (χ0) is 14.8. The average molecular weight is 299 g/mol. The Morgan fingerprint density at radius 3 is 2.95 bits per heavy atom. The first kappa shape index (κ1) is 15.1.